The van der Waals surface area contributed by atoms with Crippen LogP contribution in [-0.2, 0) is 5.54 Å². The predicted molar refractivity (Wildman–Crippen MR) is 65.4 cm³/mol. The lowest BCUT2D eigenvalue weighted by Crippen LogP contribution is -2.56. The van der Waals surface area contributed by atoms with Crippen molar-refractivity contribution in [3.8, 4) is 0 Å². The van der Waals surface area contributed by atoms with Crippen LogP contribution in [0, 0.1) is 10.1 Å². The molecule has 0 aliphatic carbocycles. The number of allylic oxidation sites excluding steroid dienone is 2. The van der Waals surface area contributed by atoms with Crippen LogP contribution in [0.4, 0.5) is 18.9 Å². The third-order valence-electron chi connectivity index (χ3n) is 3.03. The quantitative estimate of drug-likeness (QED) is 0.645. The fourth-order valence-electron chi connectivity index (χ4n) is 2.11. The Morgan fingerprint density at radius 2 is 1.95 bits per heavy atom. The number of hydrogen-bond acceptors (Lipinski definition) is 4. The number of nitrogens with one attached hydrogen (secondary N) is 1. The second-order valence-electron chi connectivity index (χ2n) is 4.15. The Balaban J connectivity index is 2.76. The highest BCUT2D eigenvalue weighted by Gasteiger charge is 2.60. The standard InChI is InChI=1S/C12H10F3N3O2/c13-12(14,15)11(10(16)6-3-7-17-11)8-4-1-2-5-9(8)18(19)20/h1-7,17H,16H2. The van der Waals surface area contributed by atoms with E-state index in [1.165, 1.54) is 18.2 Å². The van der Waals surface area contributed by atoms with Gasteiger partial charge >= 0.3 is 6.18 Å². The fourth-order valence-corrected chi connectivity index (χ4v) is 2.11. The van der Waals surface area contributed by atoms with Gasteiger partial charge in [-0.05, 0) is 24.4 Å². The first-order valence-electron chi connectivity index (χ1n) is 5.52. The molecule has 5 nitrogen and oxygen atoms in total. The van der Waals surface area contributed by atoms with Crippen molar-refractivity contribution in [3.63, 3.8) is 0 Å². The van der Waals surface area contributed by atoms with E-state index in [9.17, 15) is 23.3 Å². The molecule has 2 rings (SSSR count). The number of benzene rings is 1. The van der Waals surface area contributed by atoms with Crippen molar-refractivity contribution in [2.24, 2.45) is 5.73 Å². The van der Waals surface area contributed by atoms with E-state index in [1.807, 2.05) is 0 Å². The number of dihydropyridines is 1. The number of para-hydroxylation sites is 1. The van der Waals surface area contributed by atoms with E-state index in [2.05, 4.69) is 5.32 Å². The van der Waals surface area contributed by atoms with Gasteiger partial charge in [0.05, 0.1) is 10.5 Å². The maximum atomic E-state index is 13.5. The van der Waals surface area contributed by atoms with Crippen molar-refractivity contribution in [2.45, 2.75) is 11.7 Å². The van der Waals surface area contributed by atoms with Gasteiger partial charge in [-0.25, -0.2) is 0 Å². The van der Waals surface area contributed by atoms with Gasteiger partial charge in [0.25, 0.3) is 5.69 Å². The number of halogens is 3. The highest BCUT2D eigenvalue weighted by atomic mass is 19.4. The highest BCUT2D eigenvalue weighted by molar-refractivity contribution is 5.52. The van der Waals surface area contributed by atoms with Gasteiger partial charge in [-0.1, -0.05) is 12.1 Å². The molecule has 20 heavy (non-hydrogen) atoms. The molecular weight excluding hydrogens is 275 g/mol. The average Bonchev–Trinajstić information content (AvgIpc) is 2.38. The molecule has 1 aliphatic heterocycles. The Morgan fingerprint density at radius 1 is 1.30 bits per heavy atom. The molecule has 1 atom stereocenters. The molecular formula is C12H10F3N3O2. The summed E-state index contributed by atoms with van der Waals surface area (Å²) in [6.45, 7) is 0. The maximum absolute atomic E-state index is 13.5. The number of nitrogens with two attached hydrogens (primary N) is 1. The van der Waals surface area contributed by atoms with Crippen molar-refractivity contribution in [1.29, 1.82) is 0 Å². The second kappa shape index (κ2) is 4.55. The van der Waals surface area contributed by atoms with Crippen LogP contribution < -0.4 is 11.1 Å². The Kier molecular flexibility index (Phi) is 3.16. The van der Waals surface area contributed by atoms with Crippen LogP contribution in [0.25, 0.3) is 0 Å². The van der Waals surface area contributed by atoms with Gasteiger partial charge in [0.1, 0.15) is 0 Å². The van der Waals surface area contributed by atoms with Crippen LogP contribution in [0.1, 0.15) is 5.56 Å². The second-order valence-corrected chi connectivity index (χ2v) is 4.15. The SMILES string of the molecule is NC1=CC=CNC1(c1ccccc1[N+](=O)[O-])C(F)(F)F. The van der Waals surface area contributed by atoms with Gasteiger partial charge in [-0.3, -0.25) is 10.1 Å². The molecule has 0 spiro atoms. The minimum Gasteiger partial charge on any atom is -0.400 e. The van der Waals surface area contributed by atoms with Gasteiger partial charge in [-0.15, -0.1) is 0 Å². The molecule has 1 aliphatic rings. The molecule has 8 heteroatoms. The van der Waals surface area contributed by atoms with Crippen LogP contribution in [0.3, 0.4) is 0 Å². The third-order valence-corrected chi connectivity index (χ3v) is 3.03. The van der Waals surface area contributed by atoms with E-state index < -0.39 is 33.6 Å². The zero-order valence-electron chi connectivity index (χ0n) is 10.0. The molecule has 3 N–H and O–H groups in total. The van der Waals surface area contributed by atoms with Crippen LogP contribution in [0.5, 0.6) is 0 Å². The van der Waals surface area contributed by atoms with Gasteiger partial charge in [0.15, 0.2) is 0 Å². The van der Waals surface area contributed by atoms with Gasteiger partial charge < -0.3 is 11.1 Å². The predicted octanol–water partition coefficient (Wildman–Crippen LogP) is 2.31. The van der Waals surface area contributed by atoms with Crippen LogP contribution in [0.2, 0.25) is 0 Å². The average molecular weight is 285 g/mol. The minimum atomic E-state index is -4.84. The van der Waals surface area contributed by atoms with Crippen molar-refractivity contribution in [1.82, 2.24) is 5.32 Å². The number of nitro groups is 1. The van der Waals surface area contributed by atoms with E-state index in [0.717, 1.165) is 24.4 Å². The van der Waals surface area contributed by atoms with E-state index in [-0.39, 0.29) is 0 Å². The summed E-state index contributed by atoms with van der Waals surface area (Å²) in [5.41, 5.74) is 0.957. The molecule has 0 radical (unpaired) electrons. The third kappa shape index (κ3) is 1.89. The van der Waals surface area contributed by atoms with Gasteiger partial charge in [-0.2, -0.15) is 13.2 Å². The zero-order valence-corrected chi connectivity index (χ0v) is 10.0. The number of rotatable bonds is 2. The summed E-state index contributed by atoms with van der Waals surface area (Å²) >= 11 is 0. The summed E-state index contributed by atoms with van der Waals surface area (Å²) < 4.78 is 40.6. The molecule has 0 fully saturated rings. The summed E-state index contributed by atoms with van der Waals surface area (Å²) in [6, 6.07) is 4.64. The molecule has 0 saturated carbocycles. The van der Waals surface area contributed by atoms with Crippen LogP contribution in [-0.4, -0.2) is 11.1 Å². The van der Waals surface area contributed by atoms with Crippen LogP contribution in [0.15, 0.2) is 48.3 Å². The van der Waals surface area contributed by atoms with Gasteiger partial charge in [0.2, 0.25) is 5.54 Å². The summed E-state index contributed by atoms with van der Waals surface area (Å²) in [6.07, 6.45) is -1.42. The van der Waals surface area contributed by atoms with Gasteiger partial charge in [0, 0.05) is 11.8 Å². The number of alkyl halides is 3. The summed E-state index contributed by atoms with van der Waals surface area (Å²) in [5.74, 6) is 0. The van der Waals surface area contributed by atoms with Crippen molar-refractivity contribution >= 4 is 5.69 Å². The zero-order chi connectivity index (χ0) is 15.0. The van der Waals surface area contributed by atoms with Crippen molar-refractivity contribution < 1.29 is 18.1 Å². The molecule has 0 amide bonds. The normalized spacial score (nSPS) is 22.1. The number of hydrogen-bond donors (Lipinski definition) is 2. The van der Waals surface area contributed by atoms with E-state index in [1.54, 1.807) is 0 Å². The molecule has 1 aromatic rings. The van der Waals surface area contributed by atoms with Crippen molar-refractivity contribution in [3.05, 3.63) is 64.0 Å². The van der Waals surface area contributed by atoms with E-state index in [0.29, 0.717) is 0 Å². The minimum absolute atomic E-state index is 0.546. The number of nitrogens with zero attached hydrogens (tertiary/aromatic N) is 1. The van der Waals surface area contributed by atoms with E-state index >= 15 is 0 Å². The Bertz CT molecular complexity index is 610. The first-order chi connectivity index (χ1) is 9.30. The monoisotopic (exact) mass is 285 g/mol. The first kappa shape index (κ1) is 13.9. The molecule has 106 valence electrons. The molecule has 1 unspecified atom stereocenters. The lowest BCUT2D eigenvalue weighted by Gasteiger charge is -2.37. The summed E-state index contributed by atoms with van der Waals surface area (Å²) in [4.78, 5) is 10.1. The van der Waals surface area contributed by atoms with E-state index in [4.69, 9.17) is 5.73 Å². The Morgan fingerprint density at radius 3 is 2.50 bits per heavy atom. The molecule has 0 aromatic heterocycles. The maximum Gasteiger partial charge on any atom is 0.421 e. The summed E-state index contributed by atoms with van der Waals surface area (Å²) in [7, 11) is 0. The van der Waals surface area contributed by atoms with Crippen molar-refractivity contribution in [2.75, 3.05) is 0 Å². The molecule has 1 heterocycles. The molecule has 0 saturated heterocycles. The molecule has 1 aromatic carbocycles. The van der Waals surface area contributed by atoms with Crippen LogP contribution >= 0.6 is 0 Å². The largest absolute Gasteiger partial charge is 0.421 e. The summed E-state index contributed by atoms with van der Waals surface area (Å²) in [5, 5.41) is 13.1. The lowest BCUT2D eigenvalue weighted by atomic mass is 9.83. The topological polar surface area (TPSA) is 81.2 Å². The highest BCUT2D eigenvalue weighted by Crippen LogP contribution is 2.46. The Labute approximate surface area is 111 Å². The smallest absolute Gasteiger partial charge is 0.400 e. The first-order valence-corrected chi connectivity index (χ1v) is 5.52. The fraction of sp³-hybridized carbons (Fsp3) is 0.167. The molecule has 0 bridgehead atoms. The number of nitro benzene ring substituents is 1. The lowest BCUT2D eigenvalue weighted by molar-refractivity contribution is -0.386. The Hall–Kier alpha value is -2.51.